The van der Waals surface area contributed by atoms with Crippen molar-refractivity contribution in [3.05, 3.63) is 28.2 Å². The van der Waals surface area contributed by atoms with Crippen LogP contribution in [0.3, 0.4) is 0 Å². The number of hydrogen-bond donors (Lipinski definition) is 1. The van der Waals surface area contributed by atoms with Gasteiger partial charge in [-0.1, -0.05) is 28.8 Å². The molecule has 0 saturated carbocycles. The average Bonchev–Trinajstić information content (AvgIpc) is 2.60. The van der Waals surface area contributed by atoms with Crippen LogP contribution < -0.4 is 5.32 Å². The van der Waals surface area contributed by atoms with E-state index in [1.54, 1.807) is 0 Å². The van der Waals surface area contributed by atoms with Crippen molar-refractivity contribution in [3.63, 3.8) is 0 Å². The average molecular weight is 311 g/mol. The summed E-state index contributed by atoms with van der Waals surface area (Å²) in [5, 5.41) is 3.55. The molecule has 0 aromatic heterocycles. The maximum atomic E-state index is 3.55. The summed E-state index contributed by atoms with van der Waals surface area (Å²) in [5.41, 5.74) is 2.56. The van der Waals surface area contributed by atoms with E-state index in [0.29, 0.717) is 0 Å². The third-order valence-electron chi connectivity index (χ3n) is 3.63. The number of hydrogen-bond acceptors (Lipinski definition) is 2. The maximum Gasteiger partial charge on any atom is 0.0371 e. The summed E-state index contributed by atoms with van der Waals surface area (Å²) in [6.45, 7) is 6.92. The van der Waals surface area contributed by atoms with Gasteiger partial charge >= 0.3 is 0 Å². The highest BCUT2D eigenvalue weighted by Crippen LogP contribution is 2.19. The van der Waals surface area contributed by atoms with Crippen molar-refractivity contribution >= 4 is 21.6 Å². The Bertz CT molecular complexity index is 371. The van der Waals surface area contributed by atoms with Crippen LogP contribution in [-0.4, -0.2) is 31.1 Å². The molecule has 1 heterocycles. The highest BCUT2D eigenvalue weighted by Gasteiger charge is 2.08. The Morgan fingerprint density at radius 1 is 1.17 bits per heavy atom. The van der Waals surface area contributed by atoms with E-state index >= 15 is 0 Å². The second-order valence-corrected chi connectivity index (χ2v) is 6.06. The zero-order valence-electron chi connectivity index (χ0n) is 11.2. The van der Waals surface area contributed by atoms with E-state index in [-0.39, 0.29) is 0 Å². The standard InChI is InChI=1S/C15H23BrN2/c1-13-12-14(16)6-7-15(13)17-8-11-18-9-4-2-3-5-10-18/h6-7,12,17H,2-5,8-11H2,1H3. The summed E-state index contributed by atoms with van der Waals surface area (Å²) < 4.78 is 1.15. The molecular weight excluding hydrogens is 288 g/mol. The van der Waals surface area contributed by atoms with E-state index in [2.05, 4.69) is 51.3 Å². The number of nitrogens with one attached hydrogen (secondary N) is 1. The zero-order chi connectivity index (χ0) is 12.8. The van der Waals surface area contributed by atoms with Gasteiger partial charge in [0.1, 0.15) is 0 Å². The Morgan fingerprint density at radius 3 is 2.56 bits per heavy atom. The van der Waals surface area contributed by atoms with Crippen molar-refractivity contribution in [2.75, 3.05) is 31.5 Å². The van der Waals surface area contributed by atoms with Crippen molar-refractivity contribution in [1.29, 1.82) is 0 Å². The summed E-state index contributed by atoms with van der Waals surface area (Å²) in [6.07, 6.45) is 5.57. The van der Waals surface area contributed by atoms with E-state index in [0.717, 1.165) is 17.6 Å². The molecule has 0 atom stereocenters. The molecule has 0 unspecified atom stereocenters. The van der Waals surface area contributed by atoms with Crippen LogP contribution in [0.5, 0.6) is 0 Å². The predicted molar refractivity (Wildman–Crippen MR) is 82.3 cm³/mol. The fourth-order valence-corrected chi connectivity index (χ4v) is 3.01. The molecule has 0 bridgehead atoms. The van der Waals surface area contributed by atoms with Gasteiger partial charge in [0.15, 0.2) is 0 Å². The van der Waals surface area contributed by atoms with Crippen LogP contribution in [0, 0.1) is 6.92 Å². The van der Waals surface area contributed by atoms with Crippen molar-refractivity contribution in [2.45, 2.75) is 32.6 Å². The Kier molecular flexibility index (Phi) is 5.51. The quantitative estimate of drug-likeness (QED) is 0.902. The van der Waals surface area contributed by atoms with Crippen LogP contribution in [0.15, 0.2) is 22.7 Å². The minimum Gasteiger partial charge on any atom is -0.384 e. The van der Waals surface area contributed by atoms with E-state index < -0.39 is 0 Å². The van der Waals surface area contributed by atoms with Gasteiger partial charge in [-0.3, -0.25) is 0 Å². The van der Waals surface area contributed by atoms with E-state index in [1.165, 1.54) is 50.0 Å². The SMILES string of the molecule is Cc1cc(Br)ccc1NCCN1CCCCCC1. The van der Waals surface area contributed by atoms with Gasteiger partial charge in [0.25, 0.3) is 0 Å². The molecule has 1 saturated heterocycles. The first kappa shape index (κ1) is 13.9. The molecule has 0 aliphatic carbocycles. The Morgan fingerprint density at radius 2 is 1.89 bits per heavy atom. The van der Waals surface area contributed by atoms with Crippen LogP contribution in [0.2, 0.25) is 0 Å². The van der Waals surface area contributed by atoms with Gasteiger partial charge in [-0.15, -0.1) is 0 Å². The molecule has 1 aliphatic rings. The van der Waals surface area contributed by atoms with Crippen molar-refractivity contribution in [2.24, 2.45) is 0 Å². The van der Waals surface area contributed by atoms with Crippen molar-refractivity contribution in [1.82, 2.24) is 4.90 Å². The summed E-state index contributed by atoms with van der Waals surface area (Å²) >= 11 is 3.50. The molecule has 0 amide bonds. The molecule has 1 aliphatic heterocycles. The summed E-state index contributed by atoms with van der Waals surface area (Å²) in [7, 11) is 0. The topological polar surface area (TPSA) is 15.3 Å². The molecule has 2 nitrogen and oxygen atoms in total. The fourth-order valence-electron chi connectivity index (χ4n) is 2.53. The third kappa shape index (κ3) is 4.29. The monoisotopic (exact) mass is 310 g/mol. The van der Waals surface area contributed by atoms with Crippen LogP contribution in [0.4, 0.5) is 5.69 Å². The lowest BCUT2D eigenvalue weighted by Crippen LogP contribution is -2.30. The number of benzene rings is 1. The summed E-state index contributed by atoms with van der Waals surface area (Å²) in [5.74, 6) is 0. The number of halogens is 1. The molecule has 1 aromatic rings. The summed E-state index contributed by atoms with van der Waals surface area (Å²) in [6, 6.07) is 6.41. The molecule has 100 valence electrons. The van der Waals surface area contributed by atoms with Gasteiger partial charge in [-0.25, -0.2) is 0 Å². The highest BCUT2D eigenvalue weighted by atomic mass is 79.9. The summed E-state index contributed by atoms with van der Waals surface area (Å²) in [4.78, 5) is 2.59. The number of anilines is 1. The van der Waals surface area contributed by atoms with Crippen molar-refractivity contribution < 1.29 is 0 Å². The number of rotatable bonds is 4. The lowest BCUT2D eigenvalue weighted by molar-refractivity contribution is 0.296. The second-order valence-electron chi connectivity index (χ2n) is 5.14. The molecule has 1 N–H and O–H groups in total. The molecule has 1 fully saturated rings. The highest BCUT2D eigenvalue weighted by molar-refractivity contribution is 9.10. The van der Waals surface area contributed by atoms with E-state index in [1.807, 2.05) is 0 Å². The lowest BCUT2D eigenvalue weighted by atomic mass is 10.2. The van der Waals surface area contributed by atoms with Crippen LogP contribution >= 0.6 is 15.9 Å². The number of likely N-dealkylation sites (tertiary alicyclic amines) is 1. The normalized spacial score (nSPS) is 17.4. The number of nitrogens with zero attached hydrogens (tertiary/aromatic N) is 1. The fraction of sp³-hybridized carbons (Fsp3) is 0.600. The van der Waals surface area contributed by atoms with Crippen LogP contribution in [-0.2, 0) is 0 Å². The largest absolute Gasteiger partial charge is 0.384 e. The zero-order valence-corrected chi connectivity index (χ0v) is 12.8. The second kappa shape index (κ2) is 7.15. The molecule has 0 radical (unpaired) electrons. The molecule has 2 rings (SSSR count). The molecule has 1 aromatic carbocycles. The van der Waals surface area contributed by atoms with Crippen LogP contribution in [0.25, 0.3) is 0 Å². The van der Waals surface area contributed by atoms with Crippen molar-refractivity contribution in [3.8, 4) is 0 Å². The maximum absolute atomic E-state index is 3.55. The Hall–Kier alpha value is -0.540. The van der Waals surface area contributed by atoms with E-state index in [4.69, 9.17) is 0 Å². The van der Waals surface area contributed by atoms with Crippen LogP contribution in [0.1, 0.15) is 31.2 Å². The van der Waals surface area contributed by atoms with Gasteiger partial charge in [0.05, 0.1) is 0 Å². The smallest absolute Gasteiger partial charge is 0.0371 e. The Labute approximate surface area is 119 Å². The van der Waals surface area contributed by atoms with Gasteiger partial charge in [0.2, 0.25) is 0 Å². The molecule has 0 spiro atoms. The minimum absolute atomic E-state index is 1.04. The van der Waals surface area contributed by atoms with Gasteiger partial charge in [-0.2, -0.15) is 0 Å². The van der Waals surface area contributed by atoms with Gasteiger partial charge < -0.3 is 10.2 Å². The first-order chi connectivity index (χ1) is 8.75. The molecular formula is C15H23BrN2. The first-order valence-corrected chi connectivity index (χ1v) is 7.77. The third-order valence-corrected chi connectivity index (χ3v) is 4.12. The van der Waals surface area contributed by atoms with E-state index in [9.17, 15) is 0 Å². The minimum atomic E-state index is 1.04. The Balaban J connectivity index is 1.77. The lowest BCUT2D eigenvalue weighted by Gasteiger charge is -2.20. The van der Waals surface area contributed by atoms with Gasteiger partial charge in [0, 0.05) is 23.2 Å². The predicted octanol–water partition coefficient (Wildman–Crippen LogP) is 4.05. The first-order valence-electron chi connectivity index (χ1n) is 6.98. The molecule has 18 heavy (non-hydrogen) atoms. The number of aryl methyl sites for hydroxylation is 1. The molecule has 3 heteroatoms. The van der Waals surface area contributed by atoms with Gasteiger partial charge in [-0.05, 0) is 56.6 Å².